The number of rotatable bonds is 4. The van der Waals surface area contributed by atoms with Crippen LogP contribution in [0.25, 0.3) is 6.08 Å². The van der Waals surface area contributed by atoms with Gasteiger partial charge in [-0.1, -0.05) is 37.3 Å². The van der Waals surface area contributed by atoms with Gasteiger partial charge in [-0.2, -0.15) is 0 Å². The van der Waals surface area contributed by atoms with Crippen molar-refractivity contribution in [2.24, 2.45) is 0 Å². The summed E-state index contributed by atoms with van der Waals surface area (Å²) in [6.45, 7) is 4.04. The number of carbonyl (C=O) groups excluding carboxylic acids is 3. The Morgan fingerprint density at radius 3 is 2.33 bits per heavy atom. The van der Waals surface area contributed by atoms with Crippen LogP contribution in [0.4, 0.5) is 15.5 Å². The molecule has 0 atom stereocenters. The molecule has 3 rings (SSSR count). The number of nitro groups is 1. The number of nitrogens with one attached hydrogen (secondary N) is 1. The van der Waals surface area contributed by atoms with Gasteiger partial charge in [0, 0.05) is 10.9 Å². The van der Waals surface area contributed by atoms with Crippen molar-refractivity contribution in [3.8, 4) is 0 Å². The number of nitrogens with zero attached hydrogens (tertiary/aromatic N) is 2. The van der Waals surface area contributed by atoms with Crippen LogP contribution in [0.1, 0.15) is 30.2 Å². The Kier molecular flexibility index (Phi) is 4.87. The van der Waals surface area contributed by atoms with E-state index in [-0.39, 0.29) is 16.5 Å². The van der Waals surface area contributed by atoms with Crippen LogP contribution < -0.4 is 10.2 Å². The maximum atomic E-state index is 12.8. The number of hydrogen-bond donors (Lipinski definition) is 1. The number of carbonyl (C=O) groups is 3. The fourth-order valence-electron chi connectivity index (χ4n) is 2.56. The van der Waals surface area contributed by atoms with Gasteiger partial charge in [-0.15, -0.1) is 0 Å². The summed E-state index contributed by atoms with van der Waals surface area (Å²) in [5, 5.41) is 12.8. The van der Waals surface area contributed by atoms with E-state index in [2.05, 4.69) is 5.32 Å². The lowest BCUT2D eigenvalue weighted by molar-refractivity contribution is -0.380. The number of thiophene rings is 1. The molecule has 2 heterocycles. The second-order valence-electron chi connectivity index (χ2n) is 6.14. The first-order chi connectivity index (χ1) is 12.8. The molecule has 0 aliphatic carbocycles. The highest BCUT2D eigenvalue weighted by Gasteiger charge is 2.37. The predicted molar refractivity (Wildman–Crippen MR) is 101 cm³/mol. The second-order valence-corrected chi connectivity index (χ2v) is 7.23. The van der Waals surface area contributed by atoms with Crippen molar-refractivity contribution in [3.05, 3.63) is 62.5 Å². The molecule has 0 radical (unpaired) electrons. The van der Waals surface area contributed by atoms with Crippen molar-refractivity contribution in [3.63, 3.8) is 0 Å². The van der Waals surface area contributed by atoms with E-state index in [1.807, 2.05) is 26.0 Å². The number of amides is 4. The maximum absolute atomic E-state index is 12.8. The van der Waals surface area contributed by atoms with Crippen molar-refractivity contribution in [2.45, 2.75) is 19.8 Å². The summed E-state index contributed by atoms with van der Waals surface area (Å²) in [6.07, 6.45) is 1.25. The van der Waals surface area contributed by atoms with Crippen molar-refractivity contribution >= 4 is 45.9 Å². The van der Waals surface area contributed by atoms with E-state index in [0.717, 1.165) is 21.8 Å². The highest BCUT2D eigenvalue weighted by molar-refractivity contribution is 7.16. The van der Waals surface area contributed by atoms with E-state index >= 15 is 0 Å². The minimum absolute atomic E-state index is 0.109. The van der Waals surface area contributed by atoms with Crippen LogP contribution >= 0.6 is 11.3 Å². The molecule has 27 heavy (non-hydrogen) atoms. The van der Waals surface area contributed by atoms with Crippen LogP contribution in [0.15, 0.2) is 42.0 Å². The van der Waals surface area contributed by atoms with Gasteiger partial charge in [-0.3, -0.25) is 25.0 Å². The Balaban J connectivity index is 1.95. The van der Waals surface area contributed by atoms with Crippen LogP contribution in [0, 0.1) is 10.1 Å². The first kappa shape index (κ1) is 18.5. The number of benzene rings is 1. The molecule has 1 aromatic carbocycles. The molecule has 1 aromatic heterocycles. The Hall–Kier alpha value is -3.33. The molecular weight excluding hydrogens is 370 g/mol. The molecule has 8 nitrogen and oxygen atoms in total. The fourth-order valence-corrected chi connectivity index (χ4v) is 3.33. The van der Waals surface area contributed by atoms with E-state index in [1.54, 1.807) is 12.1 Å². The highest BCUT2D eigenvalue weighted by Crippen LogP contribution is 2.28. The first-order valence-corrected chi connectivity index (χ1v) is 8.85. The number of anilines is 1. The SMILES string of the molecule is CC(C)c1ccc(N2C(=O)NC(=O)/C(=C/c3ccc([N+](=O)[O-])s3)C2=O)cc1. The van der Waals surface area contributed by atoms with Gasteiger partial charge >= 0.3 is 11.0 Å². The molecule has 1 saturated heterocycles. The van der Waals surface area contributed by atoms with E-state index in [1.165, 1.54) is 18.2 Å². The number of urea groups is 1. The lowest BCUT2D eigenvalue weighted by Gasteiger charge is -2.26. The monoisotopic (exact) mass is 385 g/mol. The van der Waals surface area contributed by atoms with Crippen LogP contribution in [0.5, 0.6) is 0 Å². The Morgan fingerprint density at radius 2 is 1.78 bits per heavy atom. The van der Waals surface area contributed by atoms with Gasteiger partial charge in [0.05, 0.1) is 10.6 Å². The second kappa shape index (κ2) is 7.12. The lowest BCUT2D eigenvalue weighted by Crippen LogP contribution is -2.54. The molecule has 4 amide bonds. The molecule has 1 fully saturated rings. The van der Waals surface area contributed by atoms with Gasteiger partial charge in [0.15, 0.2) is 0 Å². The molecule has 138 valence electrons. The summed E-state index contributed by atoms with van der Waals surface area (Å²) in [6, 6.07) is 8.78. The molecule has 0 unspecified atom stereocenters. The van der Waals surface area contributed by atoms with Crippen LogP contribution in [0.2, 0.25) is 0 Å². The van der Waals surface area contributed by atoms with Crippen molar-refractivity contribution in [1.82, 2.24) is 5.32 Å². The zero-order valence-electron chi connectivity index (χ0n) is 14.5. The van der Waals surface area contributed by atoms with E-state index < -0.39 is 22.8 Å². The largest absolute Gasteiger partial charge is 0.335 e. The molecule has 1 N–H and O–H groups in total. The molecule has 0 spiro atoms. The quantitative estimate of drug-likeness (QED) is 0.375. The molecule has 0 saturated carbocycles. The topological polar surface area (TPSA) is 110 Å². The van der Waals surface area contributed by atoms with Gasteiger partial charge in [-0.25, -0.2) is 9.69 Å². The van der Waals surface area contributed by atoms with Gasteiger partial charge in [-0.05, 0) is 35.8 Å². The zero-order valence-corrected chi connectivity index (χ0v) is 15.3. The molecule has 0 bridgehead atoms. The average Bonchev–Trinajstić information content (AvgIpc) is 3.08. The molecule has 2 aromatic rings. The standard InChI is InChI=1S/C18H15N3O5S/c1-10(2)11-3-5-12(6-4-11)20-17(23)14(16(22)19-18(20)24)9-13-7-8-15(27-13)21(25)26/h3-10H,1-2H3,(H,19,22,24)/b14-9-. The number of hydrogen-bond acceptors (Lipinski definition) is 6. The first-order valence-electron chi connectivity index (χ1n) is 8.03. The molecule has 9 heteroatoms. The predicted octanol–water partition coefficient (Wildman–Crippen LogP) is 3.45. The number of imide groups is 2. The van der Waals surface area contributed by atoms with E-state index in [0.29, 0.717) is 10.6 Å². The number of barbiturate groups is 1. The minimum atomic E-state index is -0.837. The minimum Gasteiger partial charge on any atom is -0.273 e. The van der Waals surface area contributed by atoms with E-state index in [9.17, 15) is 24.5 Å². The van der Waals surface area contributed by atoms with Crippen molar-refractivity contribution < 1.29 is 19.3 Å². The summed E-state index contributed by atoms with van der Waals surface area (Å²) < 4.78 is 0. The summed E-state index contributed by atoms with van der Waals surface area (Å²) in [7, 11) is 0. The third-order valence-electron chi connectivity index (χ3n) is 4.00. The third-order valence-corrected chi connectivity index (χ3v) is 4.98. The normalized spacial score (nSPS) is 16.2. The molecule has 1 aliphatic rings. The Labute approximate surface area is 158 Å². The van der Waals surface area contributed by atoms with Gasteiger partial charge in [0.2, 0.25) is 0 Å². The fraction of sp³-hybridized carbons (Fsp3) is 0.167. The summed E-state index contributed by atoms with van der Waals surface area (Å²) in [4.78, 5) is 48.5. The molecule has 1 aliphatic heterocycles. The van der Waals surface area contributed by atoms with Gasteiger partial charge in [0.1, 0.15) is 5.57 Å². The van der Waals surface area contributed by atoms with Gasteiger partial charge in [0.25, 0.3) is 11.8 Å². The molecular formula is C18H15N3O5S. The maximum Gasteiger partial charge on any atom is 0.335 e. The van der Waals surface area contributed by atoms with Crippen molar-refractivity contribution in [1.29, 1.82) is 0 Å². The summed E-state index contributed by atoms with van der Waals surface area (Å²) in [5.41, 5.74) is 1.11. The Bertz CT molecular complexity index is 975. The van der Waals surface area contributed by atoms with Crippen LogP contribution in [-0.2, 0) is 9.59 Å². The third kappa shape index (κ3) is 3.63. The zero-order chi connectivity index (χ0) is 19.7. The smallest absolute Gasteiger partial charge is 0.273 e. The lowest BCUT2D eigenvalue weighted by atomic mass is 10.0. The van der Waals surface area contributed by atoms with E-state index in [4.69, 9.17) is 0 Å². The summed E-state index contributed by atoms with van der Waals surface area (Å²) >= 11 is 0.831. The van der Waals surface area contributed by atoms with Crippen molar-refractivity contribution in [2.75, 3.05) is 4.90 Å². The van der Waals surface area contributed by atoms with Crippen LogP contribution in [-0.4, -0.2) is 22.8 Å². The summed E-state index contributed by atoms with van der Waals surface area (Å²) in [5.74, 6) is -1.33. The highest BCUT2D eigenvalue weighted by atomic mass is 32.1. The van der Waals surface area contributed by atoms with Crippen LogP contribution in [0.3, 0.4) is 0 Å². The van der Waals surface area contributed by atoms with Gasteiger partial charge < -0.3 is 0 Å². The Morgan fingerprint density at radius 1 is 1.11 bits per heavy atom. The average molecular weight is 385 g/mol.